The molecule has 7 heteroatoms. The van der Waals surface area contributed by atoms with E-state index in [2.05, 4.69) is 9.97 Å². The van der Waals surface area contributed by atoms with Crippen molar-refractivity contribution in [3.8, 4) is 0 Å². The molecule has 4 rings (SSSR count). The van der Waals surface area contributed by atoms with Crippen LogP contribution in [0.3, 0.4) is 0 Å². The summed E-state index contributed by atoms with van der Waals surface area (Å²) >= 11 is 0. The number of nitro groups is 1. The van der Waals surface area contributed by atoms with Gasteiger partial charge >= 0.3 is 5.70 Å². The van der Waals surface area contributed by atoms with Crippen molar-refractivity contribution in [3.05, 3.63) is 111 Å². The minimum Gasteiger partial charge on any atom is -0.354 e. The molecule has 1 aliphatic carbocycles. The summed E-state index contributed by atoms with van der Waals surface area (Å²) in [7, 11) is 0. The van der Waals surface area contributed by atoms with Crippen molar-refractivity contribution in [2.75, 3.05) is 0 Å². The monoisotopic (exact) mass is 386 g/mol. The summed E-state index contributed by atoms with van der Waals surface area (Å²) in [6, 6.07) is 18.4. The minimum absolute atomic E-state index is 0.0248. The van der Waals surface area contributed by atoms with Gasteiger partial charge in [0.05, 0.1) is 29.4 Å². The third-order valence-corrected chi connectivity index (χ3v) is 4.77. The van der Waals surface area contributed by atoms with E-state index in [9.17, 15) is 14.9 Å². The molecule has 0 bridgehead atoms. The van der Waals surface area contributed by atoms with Crippen LogP contribution in [0.5, 0.6) is 0 Å². The molecule has 0 saturated heterocycles. The second kappa shape index (κ2) is 8.02. The Kier molecular flexibility index (Phi) is 5.11. The average Bonchev–Trinajstić information content (AvgIpc) is 2.73. The number of benzene rings is 1. The van der Waals surface area contributed by atoms with Crippen molar-refractivity contribution in [2.45, 2.75) is 19.5 Å². The van der Waals surface area contributed by atoms with Gasteiger partial charge in [0, 0.05) is 24.4 Å². The first kappa shape index (κ1) is 18.5. The van der Waals surface area contributed by atoms with Crippen LogP contribution in [-0.2, 0) is 24.3 Å². The summed E-state index contributed by atoms with van der Waals surface area (Å²) in [5.41, 5.74) is 2.91. The highest BCUT2D eigenvalue weighted by Gasteiger charge is 2.37. The molecule has 0 amide bonds. The third kappa shape index (κ3) is 3.89. The average molecular weight is 386 g/mol. The lowest BCUT2D eigenvalue weighted by Crippen LogP contribution is -2.31. The zero-order chi connectivity index (χ0) is 20.2. The summed E-state index contributed by atoms with van der Waals surface area (Å²) in [6.07, 6.45) is 3.38. The van der Waals surface area contributed by atoms with E-state index in [0.29, 0.717) is 24.4 Å². The van der Waals surface area contributed by atoms with E-state index in [1.54, 1.807) is 12.4 Å². The van der Waals surface area contributed by atoms with Crippen LogP contribution in [0.1, 0.15) is 22.5 Å². The van der Waals surface area contributed by atoms with Gasteiger partial charge in [-0.2, -0.15) is 0 Å². The van der Waals surface area contributed by atoms with Crippen molar-refractivity contribution in [1.82, 2.24) is 14.9 Å². The van der Waals surface area contributed by atoms with Gasteiger partial charge in [-0.05, 0) is 29.8 Å². The quantitative estimate of drug-likeness (QED) is 0.477. The Hall–Kier alpha value is -3.87. The lowest BCUT2D eigenvalue weighted by Gasteiger charge is -2.29. The van der Waals surface area contributed by atoms with E-state index in [1.165, 1.54) is 0 Å². The molecule has 0 N–H and O–H groups in total. The Balaban J connectivity index is 1.87. The van der Waals surface area contributed by atoms with Crippen molar-refractivity contribution in [3.63, 3.8) is 0 Å². The van der Waals surface area contributed by atoms with Crippen LogP contribution < -0.4 is 0 Å². The first-order valence-electron chi connectivity index (χ1n) is 9.18. The molecule has 1 aliphatic rings. The number of pyridine rings is 2. The van der Waals surface area contributed by atoms with Gasteiger partial charge in [-0.3, -0.25) is 24.9 Å². The maximum atomic E-state index is 12.7. The van der Waals surface area contributed by atoms with Crippen LogP contribution in [0, 0.1) is 10.1 Å². The van der Waals surface area contributed by atoms with E-state index in [0.717, 1.165) is 17.0 Å². The number of fused-ring (bicyclic) bond motifs is 1. The number of allylic oxidation sites excluding steroid dienone is 1. The zero-order valence-corrected chi connectivity index (χ0v) is 15.6. The number of nitrogens with zero attached hydrogens (tertiary/aromatic N) is 4. The summed E-state index contributed by atoms with van der Waals surface area (Å²) in [6.45, 7) is 0.622. The normalized spacial score (nSPS) is 13.2. The number of carbonyl (C=O) groups is 1. The fourth-order valence-corrected chi connectivity index (χ4v) is 3.52. The molecule has 1 aromatic carbocycles. The second-order valence-corrected chi connectivity index (χ2v) is 6.71. The highest BCUT2D eigenvalue weighted by atomic mass is 16.6. The first-order valence-corrected chi connectivity index (χ1v) is 9.18. The molecular formula is C22H18N4O3. The van der Waals surface area contributed by atoms with Crippen molar-refractivity contribution < 1.29 is 9.72 Å². The van der Waals surface area contributed by atoms with E-state index >= 15 is 0 Å². The Labute approximate surface area is 167 Å². The van der Waals surface area contributed by atoms with Gasteiger partial charge in [0.25, 0.3) is 0 Å². The van der Waals surface area contributed by atoms with Gasteiger partial charge in [-0.15, -0.1) is 0 Å². The SMILES string of the molecule is O=C1Cc2ccccc2C(N(Cc2ccccn2)Cc2ccccn2)=C1[N+](=O)[O-]. The van der Waals surface area contributed by atoms with Gasteiger partial charge < -0.3 is 4.90 Å². The first-order chi connectivity index (χ1) is 14.1. The molecule has 0 spiro atoms. The standard InChI is InChI=1S/C22H18N4O3/c27-20-13-16-7-1-2-10-19(16)21(22(20)26(28)29)25(14-17-8-3-5-11-23-17)15-18-9-4-6-12-24-18/h1-12H,13-15H2. The van der Waals surface area contributed by atoms with E-state index in [4.69, 9.17) is 0 Å². The third-order valence-electron chi connectivity index (χ3n) is 4.77. The van der Waals surface area contributed by atoms with Crippen LogP contribution in [0.2, 0.25) is 0 Å². The van der Waals surface area contributed by atoms with Crippen LogP contribution >= 0.6 is 0 Å². The number of aromatic nitrogens is 2. The highest BCUT2D eigenvalue weighted by Crippen LogP contribution is 2.34. The van der Waals surface area contributed by atoms with Crippen molar-refractivity contribution >= 4 is 11.5 Å². The Morgan fingerprint density at radius 2 is 1.48 bits per heavy atom. The number of hydrogen-bond acceptors (Lipinski definition) is 6. The topological polar surface area (TPSA) is 89.2 Å². The molecule has 0 aliphatic heterocycles. The van der Waals surface area contributed by atoms with Gasteiger partial charge in [0.2, 0.25) is 5.78 Å². The van der Waals surface area contributed by atoms with Crippen molar-refractivity contribution in [2.24, 2.45) is 0 Å². The predicted molar refractivity (Wildman–Crippen MR) is 107 cm³/mol. The molecule has 0 fully saturated rings. The van der Waals surface area contributed by atoms with Gasteiger partial charge in [0.1, 0.15) is 5.70 Å². The van der Waals surface area contributed by atoms with Crippen LogP contribution in [-0.4, -0.2) is 25.6 Å². The summed E-state index contributed by atoms with van der Waals surface area (Å²) in [5, 5.41) is 11.9. The fraction of sp³-hybridized carbons (Fsp3) is 0.136. The molecule has 3 aromatic rings. The molecular weight excluding hydrogens is 368 g/mol. The van der Waals surface area contributed by atoms with Gasteiger partial charge in [0.15, 0.2) is 0 Å². The lowest BCUT2D eigenvalue weighted by molar-refractivity contribution is -0.418. The largest absolute Gasteiger partial charge is 0.354 e. The number of carbonyl (C=O) groups excluding carboxylic acids is 1. The maximum Gasteiger partial charge on any atom is 0.336 e. The minimum atomic E-state index is -0.572. The maximum absolute atomic E-state index is 12.7. The molecule has 29 heavy (non-hydrogen) atoms. The van der Waals surface area contributed by atoms with Gasteiger partial charge in [-0.25, -0.2) is 0 Å². The van der Waals surface area contributed by atoms with Crippen LogP contribution in [0.4, 0.5) is 0 Å². The Bertz CT molecular complexity index is 1040. The molecule has 144 valence electrons. The van der Waals surface area contributed by atoms with Crippen molar-refractivity contribution in [1.29, 1.82) is 0 Å². The Morgan fingerprint density at radius 1 is 0.897 bits per heavy atom. The van der Waals surface area contributed by atoms with E-state index < -0.39 is 10.7 Å². The number of rotatable bonds is 6. The molecule has 0 saturated carbocycles. The Morgan fingerprint density at radius 3 is 2.03 bits per heavy atom. The number of Topliss-reactive ketones (excluding diaryl/α,β-unsaturated/α-hetero) is 1. The fourth-order valence-electron chi connectivity index (χ4n) is 3.52. The zero-order valence-electron chi connectivity index (χ0n) is 15.6. The molecule has 2 heterocycles. The van der Waals surface area contributed by atoms with Crippen LogP contribution in [0.15, 0.2) is 78.8 Å². The second-order valence-electron chi connectivity index (χ2n) is 6.71. The smallest absolute Gasteiger partial charge is 0.336 e. The van der Waals surface area contributed by atoms with E-state index in [-0.39, 0.29) is 12.1 Å². The number of hydrogen-bond donors (Lipinski definition) is 0. The predicted octanol–water partition coefficient (Wildman–Crippen LogP) is 3.25. The van der Waals surface area contributed by atoms with Gasteiger partial charge in [-0.1, -0.05) is 36.4 Å². The molecule has 7 nitrogen and oxygen atoms in total. The summed E-state index contributed by atoms with van der Waals surface area (Å²) in [4.78, 5) is 34.5. The lowest BCUT2D eigenvalue weighted by atomic mass is 9.90. The number of ketones is 1. The summed E-state index contributed by atoms with van der Waals surface area (Å²) in [5.74, 6) is -0.490. The molecule has 0 radical (unpaired) electrons. The molecule has 0 atom stereocenters. The highest BCUT2D eigenvalue weighted by molar-refractivity contribution is 6.04. The molecule has 2 aromatic heterocycles. The van der Waals surface area contributed by atoms with Crippen LogP contribution in [0.25, 0.3) is 5.70 Å². The molecule has 0 unspecified atom stereocenters. The van der Waals surface area contributed by atoms with E-state index in [1.807, 2.05) is 65.6 Å². The summed E-state index contributed by atoms with van der Waals surface area (Å²) < 4.78 is 0.